The minimum atomic E-state index is -0.676. The number of amidine groups is 1. The largest absolute Gasteiger partial charge is 0.493 e. The average Bonchev–Trinajstić information content (AvgIpc) is 2.87. The maximum absolute atomic E-state index is 13.3. The third-order valence-corrected chi connectivity index (χ3v) is 7.10. The fraction of sp³-hybridized carbons (Fsp3) is 0.160. The number of carbonyl (C=O) groups excluding carboxylic acids is 1. The average molecular weight is 527 g/mol. The van der Waals surface area contributed by atoms with Crippen LogP contribution in [0.2, 0.25) is 10.0 Å². The van der Waals surface area contributed by atoms with E-state index in [0.29, 0.717) is 54.3 Å². The Balaban J connectivity index is 1.59. The van der Waals surface area contributed by atoms with Crippen LogP contribution in [-0.2, 0) is 10.5 Å². The second-order valence-corrected chi connectivity index (χ2v) is 9.52. The topological polar surface area (TPSA) is 75.5 Å². The fourth-order valence-corrected chi connectivity index (χ4v) is 5.08. The number of nitrogens with one attached hydrogen (secondary N) is 1. The summed E-state index contributed by atoms with van der Waals surface area (Å²) < 4.78 is 10.9. The van der Waals surface area contributed by atoms with Gasteiger partial charge in [-0.3, -0.25) is 15.1 Å². The highest BCUT2D eigenvalue weighted by molar-refractivity contribution is 8.13. The van der Waals surface area contributed by atoms with Gasteiger partial charge in [0.25, 0.3) is 5.91 Å². The molecule has 2 aliphatic heterocycles. The van der Waals surface area contributed by atoms with E-state index in [2.05, 4.69) is 5.32 Å². The van der Waals surface area contributed by atoms with E-state index in [9.17, 15) is 4.79 Å². The first kappa shape index (κ1) is 23.5. The van der Waals surface area contributed by atoms with Gasteiger partial charge in [0.1, 0.15) is 5.70 Å². The van der Waals surface area contributed by atoms with E-state index in [0.717, 1.165) is 5.56 Å². The van der Waals surface area contributed by atoms with Gasteiger partial charge < -0.3 is 9.47 Å². The van der Waals surface area contributed by atoms with E-state index in [1.165, 1.54) is 11.8 Å². The van der Waals surface area contributed by atoms with Crippen molar-refractivity contribution in [3.8, 4) is 11.5 Å². The van der Waals surface area contributed by atoms with Crippen molar-refractivity contribution in [2.24, 2.45) is 10.1 Å². The van der Waals surface area contributed by atoms with Crippen LogP contribution in [0, 0.1) is 0 Å². The molecule has 0 spiro atoms. The van der Waals surface area contributed by atoms with Gasteiger partial charge in [0.2, 0.25) is 0 Å². The molecule has 0 bridgehead atoms. The Bertz CT molecular complexity index is 1460. The van der Waals surface area contributed by atoms with Crippen LogP contribution in [0.3, 0.4) is 0 Å². The van der Waals surface area contributed by atoms with Gasteiger partial charge in [0.15, 0.2) is 22.8 Å². The molecule has 3 aromatic rings. The number of methoxy groups -OCH3 is 2. The number of halogens is 2. The number of hydrogen-bond donors (Lipinski definition) is 1. The molecule has 2 heterocycles. The summed E-state index contributed by atoms with van der Waals surface area (Å²) in [6.07, 6.45) is -0.676. The first-order valence-corrected chi connectivity index (χ1v) is 12.4. The molecule has 5 rings (SSSR count). The summed E-state index contributed by atoms with van der Waals surface area (Å²) in [5, 5.41) is 12.2. The Hall–Kier alpha value is -3.20. The summed E-state index contributed by atoms with van der Waals surface area (Å²) >= 11 is 14.1. The van der Waals surface area contributed by atoms with Crippen molar-refractivity contribution in [3.05, 3.63) is 92.4 Å². The highest BCUT2D eigenvalue weighted by Crippen LogP contribution is 2.40. The third-order valence-electron chi connectivity index (χ3n) is 5.59. The Morgan fingerprint density at radius 2 is 1.74 bits per heavy atom. The second kappa shape index (κ2) is 9.81. The van der Waals surface area contributed by atoms with E-state index >= 15 is 0 Å². The maximum atomic E-state index is 13.3. The Morgan fingerprint density at radius 1 is 1.03 bits per heavy atom. The van der Waals surface area contributed by atoms with Crippen LogP contribution in [-0.4, -0.2) is 30.3 Å². The molecule has 0 saturated carbocycles. The third kappa shape index (κ3) is 4.57. The Kier molecular flexibility index (Phi) is 6.60. The number of hydrogen-bond acceptors (Lipinski definition) is 7. The van der Waals surface area contributed by atoms with Crippen LogP contribution in [0.4, 0.5) is 0 Å². The standard InChI is InChI=1S/C25H20Cl2N4O3S/c1-33-20-11-17(18(27)12-21(20)34-2)23-28-19-6-4-3-5-16(19)22-24(32)29-25(30-31(22)23)35-13-14-7-9-15(26)10-8-14/h3-12,23H,13H2,1-2H3,(H,29,30,32)/t23-/m0/s1. The number of hydrazone groups is 1. The molecule has 3 aromatic carbocycles. The van der Waals surface area contributed by atoms with E-state index in [1.54, 1.807) is 31.4 Å². The maximum Gasteiger partial charge on any atom is 0.276 e. The first-order chi connectivity index (χ1) is 17.0. The first-order valence-electron chi connectivity index (χ1n) is 10.6. The lowest BCUT2D eigenvalue weighted by molar-refractivity contribution is -0.116. The van der Waals surface area contributed by atoms with Crippen LogP contribution in [0.1, 0.15) is 17.3 Å². The second-order valence-electron chi connectivity index (χ2n) is 7.72. The fourth-order valence-electron chi connectivity index (χ4n) is 3.90. The number of ether oxygens (including phenoxy) is 2. The number of amides is 1. The zero-order valence-electron chi connectivity index (χ0n) is 18.8. The molecule has 0 fully saturated rings. The van der Waals surface area contributed by atoms with Crippen molar-refractivity contribution in [2.75, 3.05) is 14.2 Å². The zero-order chi connectivity index (χ0) is 24.5. The molecule has 1 atom stereocenters. The van der Waals surface area contributed by atoms with Gasteiger partial charge in [0.05, 0.1) is 24.6 Å². The molecule has 1 amide bonds. The van der Waals surface area contributed by atoms with Gasteiger partial charge in [-0.1, -0.05) is 65.3 Å². The molecule has 178 valence electrons. The van der Waals surface area contributed by atoms with Crippen LogP contribution < -0.4 is 25.4 Å². The van der Waals surface area contributed by atoms with E-state index < -0.39 is 6.17 Å². The Labute approximate surface area is 216 Å². The van der Waals surface area contributed by atoms with Crippen molar-refractivity contribution in [1.82, 2.24) is 10.3 Å². The van der Waals surface area contributed by atoms with Crippen molar-refractivity contribution < 1.29 is 14.3 Å². The molecule has 0 aromatic heterocycles. The molecule has 0 unspecified atom stereocenters. The van der Waals surface area contributed by atoms with Crippen LogP contribution in [0.15, 0.2) is 70.8 Å². The highest BCUT2D eigenvalue weighted by atomic mass is 35.5. The summed E-state index contributed by atoms with van der Waals surface area (Å²) in [5.74, 6) is 1.35. The van der Waals surface area contributed by atoms with Crippen molar-refractivity contribution in [2.45, 2.75) is 11.9 Å². The number of carbonyl (C=O) groups is 1. The van der Waals surface area contributed by atoms with E-state index in [-0.39, 0.29) is 5.91 Å². The van der Waals surface area contributed by atoms with Gasteiger partial charge in [0, 0.05) is 27.6 Å². The lowest BCUT2D eigenvalue weighted by Gasteiger charge is -2.34. The number of thioether (sulfide) groups is 1. The van der Waals surface area contributed by atoms with E-state index in [4.69, 9.17) is 42.8 Å². The SMILES string of the molecule is COc1cc(Cl)c([C@H]2N=c3ccccc3=C3C(=O)NC(SCc4ccc(Cl)cc4)=NN32)cc1OC. The summed E-state index contributed by atoms with van der Waals surface area (Å²) in [6, 6.07) is 18.5. The van der Waals surface area contributed by atoms with Gasteiger partial charge in [-0.15, -0.1) is 5.10 Å². The minimum Gasteiger partial charge on any atom is -0.493 e. The molecule has 10 heteroatoms. The minimum absolute atomic E-state index is 0.262. The molecule has 0 aliphatic carbocycles. The molecule has 2 aliphatic rings. The molecule has 0 saturated heterocycles. The quantitative estimate of drug-likeness (QED) is 0.541. The molecule has 1 N–H and O–H groups in total. The van der Waals surface area contributed by atoms with Crippen molar-refractivity contribution in [3.63, 3.8) is 0 Å². The zero-order valence-corrected chi connectivity index (χ0v) is 21.1. The Morgan fingerprint density at radius 3 is 2.49 bits per heavy atom. The number of nitrogens with zero attached hydrogens (tertiary/aromatic N) is 3. The summed E-state index contributed by atoms with van der Waals surface area (Å²) in [6.45, 7) is 0. The van der Waals surface area contributed by atoms with Crippen LogP contribution >= 0.6 is 35.0 Å². The monoisotopic (exact) mass is 526 g/mol. The number of para-hydroxylation sites is 1. The van der Waals surface area contributed by atoms with Crippen LogP contribution in [0.5, 0.6) is 11.5 Å². The van der Waals surface area contributed by atoms with Gasteiger partial charge >= 0.3 is 0 Å². The number of fused-ring (bicyclic) bond motifs is 2. The predicted molar refractivity (Wildman–Crippen MR) is 138 cm³/mol. The molecule has 0 radical (unpaired) electrons. The number of benzene rings is 3. The van der Waals surface area contributed by atoms with Crippen molar-refractivity contribution >= 4 is 51.7 Å². The normalized spacial score (nSPS) is 16.5. The number of rotatable bonds is 5. The smallest absolute Gasteiger partial charge is 0.276 e. The van der Waals surface area contributed by atoms with Gasteiger partial charge in [-0.25, -0.2) is 5.01 Å². The summed E-state index contributed by atoms with van der Waals surface area (Å²) in [4.78, 5) is 18.2. The molecule has 35 heavy (non-hydrogen) atoms. The van der Waals surface area contributed by atoms with Crippen molar-refractivity contribution in [1.29, 1.82) is 0 Å². The van der Waals surface area contributed by atoms with Gasteiger partial charge in [-0.2, -0.15) is 0 Å². The molecule has 7 nitrogen and oxygen atoms in total. The van der Waals surface area contributed by atoms with Crippen LogP contribution in [0.25, 0.3) is 5.70 Å². The molecular weight excluding hydrogens is 507 g/mol. The summed E-state index contributed by atoms with van der Waals surface area (Å²) in [7, 11) is 3.10. The lowest BCUT2D eigenvalue weighted by Crippen LogP contribution is -2.50. The van der Waals surface area contributed by atoms with E-state index in [1.807, 2.05) is 48.5 Å². The van der Waals surface area contributed by atoms with Gasteiger partial charge in [-0.05, 0) is 29.8 Å². The molecular formula is C25H20Cl2N4O3S. The highest BCUT2D eigenvalue weighted by Gasteiger charge is 2.35. The lowest BCUT2D eigenvalue weighted by atomic mass is 10.1. The summed E-state index contributed by atoms with van der Waals surface area (Å²) in [5.41, 5.74) is 2.10. The predicted octanol–water partition coefficient (Wildman–Crippen LogP) is 4.09.